The summed E-state index contributed by atoms with van der Waals surface area (Å²) in [5.74, 6) is 0.711. The number of nitrogens with one attached hydrogen (secondary N) is 1. The normalized spacial score (nSPS) is 11.9. The van der Waals surface area contributed by atoms with Crippen LogP contribution in [-0.2, 0) is 0 Å². The molecule has 34 heavy (non-hydrogen) atoms. The Bertz CT molecular complexity index is 1670. The minimum absolute atomic E-state index is 0.0267. The van der Waals surface area contributed by atoms with Crippen molar-refractivity contribution in [3.05, 3.63) is 93.6 Å². The molecule has 0 radical (unpaired) electrons. The van der Waals surface area contributed by atoms with Crippen LogP contribution in [0.4, 0.5) is 11.8 Å². The molecule has 0 spiro atoms. The minimum atomic E-state index is -0.524. The van der Waals surface area contributed by atoms with Gasteiger partial charge in [0.1, 0.15) is 23.3 Å². The monoisotopic (exact) mass is 467 g/mol. The standard InChI is InChI=1S/C25H18ClN7O/c1-14(30-22-17(12-27)13-29-25(28)32-22)23-31-20-8-4-7-19(26)21(20)24(34)33(23)18-10-9-15-5-2-3-6-16(15)11-18/h2-11,13-14H,1H3,(H3,28,29,30,32)/t14-/m0/s1. The molecule has 166 valence electrons. The third-order valence-corrected chi connectivity index (χ3v) is 5.85. The molecule has 0 bridgehead atoms. The summed E-state index contributed by atoms with van der Waals surface area (Å²) in [7, 11) is 0. The van der Waals surface area contributed by atoms with Gasteiger partial charge >= 0.3 is 0 Å². The number of nitrogen functional groups attached to an aromatic ring is 1. The molecule has 1 atom stereocenters. The summed E-state index contributed by atoms with van der Waals surface area (Å²) in [6.45, 7) is 1.83. The van der Waals surface area contributed by atoms with E-state index in [1.807, 2.05) is 55.5 Å². The van der Waals surface area contributed by atoms with Gasteiger partial charge in [0.05, 0.1) is 33.9 Å². The lowest BCUT2D eigenvalue weighted by Gasteiger charge is -2.21. The lowest BCUT2D eigenvalue weighted by atomic mass is 10.1. The fourth-order valence-corrected chi connectivity index (χ4v) is 4.17. The van der Waals surface area contributed by atoms with Gasteiger partial charge in [0.25, 0.3) is 5.56 Å². The van der Waals surface area contributed by atoms with Gasteiger partial charge in [0, 0.05) is 0 Å². The van der Waals surface area contributed by atoms with E-state index in [9.17, 15) is 10.1 Å². The lowest BCUT2D eigenvalue weighted by molar-refractivity contribution is 0.731. The second-order valence-electron chi connectivity index (χ2n) is 7.74. The fourth-order valence-electron chi connectivity index (χ4n) is 3.92. The topological polar surface area (TPSA) is 123 Å². The number of fused-ring (bicyclic) bond motifs is 2. The molecule has 0 aliphatic rings. The molecule has 3 N–H and O–H groups in total. The number of nitrogens with two attached hydrogens (primary N) is 1. The van der Waals surface area contributed by atoms with Crippen LogP contribution in [0.15, 0.2) is 71.7 Å². The molecule has 0 saturated carbocycles. The first-order valence-electron chi connectivity index (χ1n) is 10.5. The number of nitrogens with zero attached hydrogens (tertiary/aromatic N) is 5. The Hall–Kier alpha value is -4.48. The lowest BCUT2D eigenvalue weighted by Crippen LogP contribution is -2.27. The van der Waals surface area contributed by atoms with Gasteiger partial charge in [-0.2, -0.15) is 10.2 Å². The Labute approximate surface area is 199 Å². The number of halogens is 1. The van der Waals surface area contributed by atoms with E-state index in [-0.39, 0.29) is 22.9 Å². The van der Waals surface area contributed by atoms with Crippen LogP contribution in [0, 0.1) is 11.3 Å². The number of aromatic nitrogens is 4. The zero-order valence-corrected chi connectivity index (χ0v) is 18.8. The third-order valence-electron chi connectivity index (χ3n) is 5.53. The maximum absolute atomic E-state index is 13.8. The molecular weight excluding hydrogens is 450 g/mol. The van der Waals surface area contributed by atoms with E-state index < -0.39 is 6.04 Å². The molecule has 0 fully saturated rings. The highest BCUT2D eigenvalue weighted by Gasteiger charge is 2.21. The molecule has 2 heterocycles. The van der Waals surface area contributed by atoms with Gasteiger partial charge in [-0.25, -0.2) is 9.97 Å². The van der Waals surface area contributed by atoms with Crippen LogP contribution in [0.5, 0.6) is 0 Å². The molecule has 0 unspecified atom stereocenters. The summed E-state index contributed by atoms with van der Waals surface area (Å²) in [4.78, 5) is 26.6. The molecular formula is C25H18ClN7O. The summed E-state index contributed by atoms with van der Waals surface area (Å²) >= 11 is 6.40. The fraction of sp³-hybridized carbons (Fsp3) is 0.0800. The van der Waals surface area contributed by atoms with Crippen LogP contribution in [0.1, 0.15) is 24.4 Å². The number of benzene rings is 3. The number of rotatable bonds is 4. The maximum Gasteiger partial charge on any atom is 0.267 e. The number of hydrogen-bond donors (Lipinski definition) is 2. The molecule has 5 aromatic rings. The SMILES string of the molecule is C[C@H](Nc1nc(N)ncc1C#N)c1nc2cccc(Cl)c2c(=O)n1-c1ccc2ccccc2c1. The second kappa shape index (κ2) is 8.46. The molecule has 0 saturated heterocycles. The van der Waals surface area contributed by atoms with E-state index in [1.165, 1.54) is 10.8 Å². The van der Waals surface area contributed by atoms with Gasteiger partial charge < -0.3 is 11.1 Å². The molecule has 2 aromatic heterocycles. The van der Waals surface area contributed by atoms with Crippen LogP contribution in [0.3, 0.4) is 0 Å². The smallest absolute Gasteiger partial charge is 0.267 e. The van der Waals surface area contributed by atoms with Crippen molar-refractivity contribution in [3.63, 3.8) is 0 Å². The van der Waals surface area contributed by atoms with Crippen molar-refractivity contribution in [1.29, 1.82) is 5.26 Å². The molecule has 3 aromatic carbocycles. The first-order valence-corrected chi connectivity index (χ1v) is 10.8. The highest BCUT2D eigenvalue weighted by Crippen LogP contribution is 2.26. The predicted octanol–water partition coefficient (Wildman–Crippen LogP) is 4.61. The predicted molar refractivity (Wildman–Crippen MR) is 133 cm³/mol. The van der Waals surface area contributed by atoms with E-state index in [0.717, 1.165) is 10.8 Å². The number of anilines is 2. The Morgan fingerprint density at radius 3 is 2.68 bits per heavy atom. The van der Waals surface area contributed by atoms with Gasteiger partial charge in [-0.1, -0.05) is 48.0 Å². The van der Waals surface area contributed by atoms with E-state index in [0.29, 0.717) is 27.4 Å². The molecule has 0 amide bonds. The molecule has 0 aliphatic heterocycles. The van der Waals surface area contributed by atoms with Gasteiger partial charge in [-0.05, 0) is 42.0 Å². The summed E-state index contributed by atoms with van der Waals surface area (Å²) < 4.78 is 1.54. The Morgan fingerprint density at radius 2 is 1.88 bits per heavy atom. The molecule has 0 aliphatic carbocycles. The van der Waals surface area contributed by atoms with E-state index in [1.54, 1.807) is 18.2 Å². The maximum atomic E-state index is 13.8. The summed E-state index contributed by atoms with van der Waals surface area (Å²) in [6.07, 6.45) is 1.35. The van der Waals surface area contributed by atoms with Crippen molar-refractivity contribution < 1.29 is 0 Å². The summed E-state index contributed by atoms with van der Waals surface area (Å²) in [5, 5.41) is 15.3. The van der Waals surface area contributed by atoms with Crippen LogP contribution < -0.4 is 16.6 Å². The Morgan fingerprint density at radius 1 is 1.09 bits per heavy atom. The van der Waals surface area contributed by atoms with Crippen LogP contribution in [0.2, 0.25) is 5.02 Å². The number of hydrogen-bond acceptors (Lipinski definition) is 7. The van der Waals surface area contributed by atoms with Crippen molar-refractivity contribution in [2.24, 2.45) is 0 Å². The highest BCUT2D eigenvalue weighted by atomic mass is 35.5. The zero-order chi connectivity index (χ0) is 23.8. The molecule has 5 rings (SSSR count). The highest BCUT2D eigenvalue weighted by molar-refractivity contribution is 6.35. The average molecular weight is 468 g/mol. The zero-order valence-electron chi connectivity index (χ0n) is 18.0. The van der Waals surface area contributed by atoms with Crippen molar-refractivity contribution in [3.8, 4) is 11.8 Å². The largest absolute Gasteiger partial charge is 0.368 e. The summed E-state index contributed by atoms with van der Waals surface area (Å²) in [5.41, 5.74) is 6.78. The van der Waals surface area contributed by atoms with Crippen LogP contribution in [-0.4, -0.2) is 19.5 Å². The summed E-state index contributed by atoms with van der Waals surface area (Å²) in [6, 6.07) is 20.3. The average Bonchev–Trinajstić information content (AvgIpc) is 2.83. The third kappa shape index (κ3) is 3.68. The van der Waals surface area contributed by atoms with E-state index in [2.05, 4.69) is 15.3 Å². The quantitative estimate of drug-likeness (QED) is 0.395. The first kappa shape index (κ1) is 21.4. The van der Waals surface area contributed by atoms with Crippen molar-refractivity contribution in [1.82, 2.24) is 19.5 Å². The van der Waals surface area contributed by atoms with Crippen molar-refractivity contribution in [2.75, 3.05) is 11.1 Å². The second-order valence-corrected chi connectivity index (χ2v) is 8.15. The van der Waals surface area contributed by atoms with Gasteiger partial charge in [0.2, 0.25) is 5.95 Å². The molecule has 9 heteroatoms. The Balaban J connectivity index is 1.74. The number of nitriles is 1. The van der Waals surface area contributed by atoms with Crippen molar-refractivity contribution in [2.45, 2.75) is 13.0 Å². The van der Waals surface area contributed by atoms with Gasteiger partial charge in [0.15, 0.2) is 0 Å². The Kier molecular flexibility index (Phi) is 5.32. The first-order chi connectivity index (χ1) is 16.5. The van der Waals surface area contributed by atoms with E-state index >= 15 is 0 Å². The van der Waals surface area contributed by atoms with Crippen molar-refractivity contribution >= 4 is 45.0 Å². The van der Waals surface area contributed by atoms with Gasteiger partial charge in [-0.3, -0.25) is 9.36 Å². The van der Waals surface area contributed by atoms with Gasteiger partial charge in [-0.15, -0.1) is 0 Å². The van der Waals surface area contributed by atoms with Crippen LogP contribution in [0.25, 0.3) is 27.4 Å². The van der Waals surface area contributed by atoms with Crippen LogP contribution >= 0.6 is 11.6 Å². The van der Waals surface area contributed by atoms with E-state index in [4.69, 9.17) is 22.3 Å². The molecule has 8 nitrogen and oxygen atoms in total. The minimum Gasteiger partial charge on any atom is -0.368 e.